The van der Waals surface area contributed by atoms with Crippen LogP contribution in [0.5, 0.6) is 0 Å². The molecule has 0 aromatic carbocycles. The van der Waals surface area contributed by atoms with Gasteiger partial charge >= 0.3 is 6.03 Å². The maximum Gasteiger partial charge on any atom is 0.320 e. The van der Waals surface area contributed by atoms with E-state index in [1.54, 1.807) is 23.6 Å². The number of urea groups is 1. The summed E-state index contributed by atoms with van der Waals surface area (Å²) in [5.74, 6) is 0.482. The lowest BCUT2D eigenvalue weighted by molar-refractivity contribution is 0.249. The highest BCUT2D eigenvalue weighted by molar-refractivity contribution is 7.10. The molecule has 0 saturated carbocycles. The number of carbonyl (C=O) groups excluding carboxylic acids is 1. The third kappa shape index (κ3) is 3.25. The van der Waals surface area contributed by atoms with E-state index in [0.717, 1.165) is 4.88 Å². The van der Waals surface area contributed by atoms with E-state index in [9.17, 15) is 4.79 Å². The molecule has 17 heavy (non-hydrogen) atoms. The lowest BCUT2D eigenvalue weighted by atomic mass is 10.3. The van der Waals surface area contributed by atoms with Crippen molar-refractivity contribution in [3.63, 3.8) is 0 Å². The van der Waals surface area contributed by atoms with Gasteiger partial charge in [0.2, 0.25) is 0 Å². The van der Waals surface area contributed by atoms with Crippen molar-refractivity contribution < 1.29 is 4.79 Å². The first kappa shape index (κ1) is 11.5. The Hall–Kier alpha value is -1.95. The number of carbonyl (C=O) groups is 1. The molecule has 0 unspecified atom stereocenters. The minimum absolute atomic E-state index is 0.0168. The van der Waals surface area contributed by atoms with Crippen molar-refractivity contribution in [2.24, 2.45) is 0 Å². The van der Waals surface area contributed by atoms with E-state index in [1.807, 2.05) is 24.4 Å². The number of aromatic nitrogens is 2. The van der Waals surface area contributed by atoms with Crippen molar-refractivity contribution in [3.8, 4) is 0 Å². The zero-order valence-electron chi connectivity index (χ0n) is 9.25. The van der Waals surface area contributed by atoms with Gasteiger partial charge in [-0.1, -0.05) is 6.07 Å². The Morgan fingerprint density at radius 3 is 3.00 bits per heavy atom. The number of nitrogens with one attached hydrogen (secondary N) is 2. The van der Waals surface area contributed by atoms with Gasteiger partial charge in [0.1, 0.15) is 12.1 Å². The second-order valence-corrected chi connectivity index (χ2v) is 4.41. The quantitative estimate of drug-likeness (QED) is 0.876. The first-order chi connectivity index (χ1) is 8.25. The van der Waals surface area contributed by atoms with Gasteiger partial charge in [0.25, 0.3) is 0 Å². The maximum absolute atomic E-state index is 11.6. The van der Waals surface area contributed by atoms with Crippen LogP contribution in [-0.4, -0.2) is 16.0 Å². The van der Waals surface area contributed by atoms with E-state index in [-0.39, 0.29) is 12.1 Å². The van der Waals surface area contributed by atoms with Crippen LogP contribution in [0.1, 0.15) is 17.8 Å². The Bertz CT molecular complexity index is 471. The average Bonchev–Trinajstić information content (AvgIpc) is 2.83. The fourth-order valence-corrected chi connectivity index (χ4v) is 2.06. The molecule has 2 rings (SSSR count). The molecule has 0 aliphatic carbocycles. The molecule has 2 heterocycles. The van der Waals surface area contributed by atoms with E-state index >= 15 is 0 Å². The molecular formula is C11H12N4OS. The van der Waals surface area contributed by atoms with Crippen LogP contribution in [0.2, 0.25) is 0 Å². The van der Waals surface area contributed by atoms with Crippen LogP contribution >= 0.6 is 11.3 Å². The summed E-state index contributed by atoms with van der Waals surface area (Å²) >= 11 is 1.61. The highest BCUT2D eigenvalue weighted by Gasteiger charge is 2.10. The Morgan fingerprint density at radius 1 is 1.47 bits per heavy atom. The Morgan fingerprint density at radius 2 is 2.35 bits per heavy atom. The van der Waals surface area contributed by atoms with E-state index < -0.39 is 0 Å². The number of rotatable bonds is 3. The Kier molecular flexibility index (Phi) is 3.66. The number of hydrogen-bond acceptors (Lipinski definition) is 4. The SMILES string of the molecule is C[C@H](NC(=O)Nc1ccncn1)c1cccs1. The number of amides is 2. The Labute approximate surface area is 103 Å². The highest BCUT2D eigenvalue weighted by Crippen LogP contribution is 2.17. The van der Waals surface area contributed by atoms with Gasteiger partial charge in [0.05, 0.1) is 6.04 Å². The van der Waals surface area contributed by atoms with Gasteiger partial charge in [-0.25, -0.2) is 14.8 Å². The minimum Gasteiger partial charge on any atom is -0.330 e. The summed E-state index contributed by atoms with van der Waals surface area (Å²) in [5.41, 5.74) is 0. The van der Waals surface area contributed by atoms with Crippen molar-refractivity contribution in [2.75, 3.05) is 5.32 Å². The predicted octanol–water partition coefficient (Wildman–Crippen LogP) is 2.42. The highest BCUT2D eigenvalue weighted by atomic mass is 32.1. The number of hydrogen-bond donors (Lipinski definition) is 2. The van der Waals surface area contributed by atoms with Crippen molar-refractivity contribution in [1.29, 1.82) is 0 Å². The zero-order valence-corrected chi connectivity index (χ0v) is 10.1. The smallest absolute Gasteiger partial charge is 0.320 e. The number of thiophene rings is 1. The summed E-state index contributed by atoms with van der Waals surface area (Å²) < 4.78 is 0. The van der Waals surface area contributed by atoms with Crippen LogP contribution in [0, 0.1) is 0 Å². The number of nitrogens with zero attached hydrogens (tertiary/aromatic N) is 2. The molecule has 0 bridgehead atoms. The van der Waals surface area contributed by atoms with E-state index in [4.69, 9.17) is 0 Å². The van der Waals surface area contributed by atoms with Gasteiger partial charge < -0.3 is 5.32 Å². The van der Waals surface area contributed by atoms with E-state index in [0.29, 0.717) is 5.82 Å². The van der Waals surface area contributed by atoms with Crippen LogP contribution in [-0.2, 0) is 0 Å². The summed E-state index contributed by atoms with van der Waals surface area (Å²) in [4.78, 5) is 20.4. The van der Waals surface area contributed by atoms with Gasteiger partial charge in [-0.2, -0.15) is 0 Å². The molecule has 2 amide bonds. The topological polar surface area (TPSA) is 66.9 Å². The van der Waals surface area contributed by atoms with Gasteiger partial charge in [-0.05, 0) is 24.4 Å². The number of anilines is 1. The molecule has 1 atom stereocenters. The lowest BCUT2D eigenvalue weighted by Gasteiger charge is -2.12. The molecule has 0 fully saturated rings. The molecule has 0 aliphatic heterocycles. The van der Waals surface area contributed by atoms with Crippen LogP contribution in [0.25, 0.3) is 0 Å². The standard InChI is InChI=1S/C11H12N4OS/c1-8(9-3-2-6-17-9)14-11(16)15-10-4-5-12-7-13-10/h2-8H,1H3,(H2,12,13,14,15,16)/t8-/m0/s1. The molecule has 0 radical (unpaired) electrons. The summed E-state index contributed by atoms with van der Waals surface area (Å²) in [5, 5.41) is 7.45. The van der Waals surface area contributed by atoms with Gasteiger partial charge in [-0.3, -0.25) is 5.32 Å². The van der Waals surface area contributed by atoms with E-state index in [2.05, 4.69) is 20.6 Å². The molecule has 88 valence electrons. The Balaban J connectivity index is 1.90. The molecule has 5 nitrogen and oxygen atoms in total. The predicted molar refractivity (Wildman–Crippen MR) is 66.9 cm³/mol. The zero-order chi connectivity index (χ0) is 12.1. The largest absolute Gasteiger partial charge is 0.330 e. The molecule has 0 aliphatic rings. The first-order valence-electron chi connectivity index (χ1n) is 5.12. The normalized spacial score (nSPS) is 11.8. The molecule has 2 N–H and O–H groups in total. The molecule has 0 saturated heterocycles. The van der Waals surface area contributed by atoms with E-state index in [1.165, 1.54) is 6.33 Å². The third-order valence-corrected chi connectivity index (χ3v) is 3.20. The molecule has 2 aromatic heterocycles. The molecule has 0 spiro atoms. The second-order valence-electron chi connectivity index (χ2n) is 3.43. The maximum atomic E-state index is 11.6. The van der Waals surface area contributed by atoms with Crippen LogP contribution in [0.15, 0.2) is 36.1 Å². The summed E-state index contributed by atoms with van der Waals surface area (Å²) in [6, 6.07) is 5.29. The molecule has 6 heteroatoms. The van der Waals surface area contributed by atoms with Crippen molar-refractivity contribution in [2.45, 2.75) is 13.0 Å². The lowest BCUT2D eigenvalue weighted by Crippen LogP contribution is -2.31. The summed E-state index contributed by atoms with van der Waals surface area (Å²) in [7, 11) is 0. The van der Waals surface area contributed by atoms with Gasteiger partial charge in [0, 0.05) is 11.1 Å². The second kappa shape index (κ2) is 5.40. The summed E-state index contributed by atoms with van der Waals surface area (Å²) in [6.07, 6.45) is 2.96. The van der Waals surface area contributed by atoms with Gasteiger partial charge in [0.15, 0.2) is 0 Å². The minimum atomic E-state index is -0.274. The van der Waals surface area contributed by atoms with Crippen LogP contribution < -0.4 is 10.6 Å². The van der Waals surface area contributed by atoms with Crippen LogP contribution in [0.3, 0.4) is 0 Å². The monoisotopic (exact) mass is 248 g/mol. The fraction of sp³-hybridized carbons (Fsp3) is 0.182. The first-order valence-corrected chi connectivity index (χ1v) is 6.00. The molecular weight excluding hydrogens is 236 g/mol. The van der Waals surface area contributed by atoms with Crippen molar-refractivity contribution >= 4 is 23.2 Å². The van der Waals surface area contributed by atoms with Crippen molar-refractivity contribution in [1.82, 2.24) is 15.3 Å². The van der Waals surface area contributed by atoms with Gasteiger partial charge in [-0.15, -0.1) is 11.3 Å². The summed E-state index contributed by atoms with van der Waals surface area (Å²) in [6.45, 7) is 1.94. The average molecular weight is 248 g/mol. The van der Waals surface area contributed by atoms with Crippen molar-refractivity contribution in [3.05, 3.63) is 41.0 Å². The fourth-order valence-electron chi connectivity index (χ4n) is 1.32. The van der Waals surface area contributed by atoms with Crippen LogP contribution in [0.4, 0.5) is 10.6 Å². The molecule has 2 aromatic rings. The third-order valence-electron chi connectivity index (χ3n) is 2.14.